The monoisotopic (exact) mass is 564 g/mol. The maximum absolute atomic E-state index is 14.2. The van der Waals surface area contributed by atoms with Gasteiger partial charge in [0.25, 0.3) is 5.91 Å². The van der Waals surface area contributed by atoms with E-state index >= 15 is 0 Å². The molecule has 3 aliphatic heterocycles. The lowest BCUT2D eigenvalue weighted by molar-refractivity contribution is -0.139. The summed E-state index contributed by atoms with van der Waals surface area (Å²) in [5, 5.41) is 1.06. The lowest BCUT2D eigenvalue weighted by atomic mass is 9.87. The van der Waals surface area contributed by atoms with Gasteiger partial charge in [-0.25, -0.2) is 0 Å². The minimum Gasteiger partial charge on any atom is -0.464 e. The molecule has 1 unspecified atom stereocenters. The summed E-state index contributed by atoms with van der Waals surface area (Å²) in [4.78, 5) is 50.7. The van der Waals surface area contributed by atoms with E-state index in [2.05, 4.69) is 36.4 Å². The third kappa shape index (κ3) is 4.52. The molecule has 2 saturated heterocycles. The standard InChI is InChI=1S/C34H36N4O4/c39-31(25-5-6-25)36-16-13-34(14-17-36)33(41)38(21-22-11-15-37(20-22)32(40)26-7-8-26)30(35-34)24-3-1-23(2-4-24)27-9-10-29-28(19-27)12-18-42-29/h1-4,9-10,12,18-19,22,25-26H,5-8,11,13-17,20-21H2. The van der Waals surface area contributed by atoms with Crippen molar-refractivity contribution in [2.75, 3.05) is 32.7 Å². The number of furan rings is 1. The van der Waals surface area contributed by atoms with Crippen LogP contribution in [0, 0.1) is 17.8 Å². The first kappa shape index (κ1) is 25.7. The topological polar surface area (TPSA) is 86.4 Å². The molecule has 5 aliphatic rings. The number of aliphatic imine (C=N–C) groups is 1. The van der Waals surface area contributed by atoms with Crippen LogP contribution < -0.4 is 0 Å². The van der Waals surface area contributed by atoms with Gasteiger partial charge in [-0.15, -0.1) is 0 Å². The minimum absolute atomic E-state index is 0.0532. The van der Waals surface area contributed by atoms with Crippen molar-refractivity contribution in [1.82, 2.24) is 14.7 Å². The van der Waals surface area contributed by atoms with Gasteiger partial charge in [0.05, 0.1) is 6.26 Å². The molecular formula is C34H36N4O4. The van der Waals surface area contributed by atoms with E-state index in [0.29, 0.717) is 39.0 Å². The Hall–Kier alpha value is -3.94. The zero-order valence-corrected chi connectivity index (χ0v) is 23.8. The van der Waals surface area contributed by atoms with E-state index in [4.69, 9.17) is 9.41 Å². The summed E-state index contributed by atoms with van der Waals surface area (Å²) >= 11 is 0. The van der Waals surface area contributed by atoms with Crippen LogP contribution in [0.1, 0.15) is 50.5 Å². The third-order valence-corrected chi connectivity index (χ3v) is 9.94. The molecule has 0 bridgehead atoms. The normalized spacial score (nSPS) is 23.7. The average molecular weight is 565 g/mol. The van der Waals surface area contributed by atoms with Gasteiger partial charge in [0.15, 0.2) is 0 Å². The van der Waals surface area contributed by atoms with Crippen LogP contribution in [0.4, 0.5) is 0 Å². The molecular weight excluding hydrogens is 528 g/mol. The van der Waals surface area contributed by atoms with Crippen LogP contribution in [0.15, 0.2) is 64.2 Å². The highest BCUT2D eigenvalue weighted by Gasteiger charge is 2.52. The summed E-state index contributed by atoms with van der Waals surface area (Å²) in [5.41, 5.74) is 3.17. The van der Waals surface area contributed by atoms with Crippen molar-refractivity contribution in [3.63, 3.8) is 0 Å². The lowest BCUT2D eigenvalue weighted by Gasteiger charge is -2.36. The van der Waals surface area contributed by atoms with Gasteiger partial charge in [0.2, 0.25) is 11.8 Å². The fraction of sp³-hybridized carbons (Fsp3) is 0.471. The van der Waals surface area contributed by atoms with Gasteiger partial charge >= 0.3 is 0 Å². The van der Waals surface area contributed by atoms with Crippen molar-refractivity contribution in [2.45, 2.75) is 50.5 Å². The highest BCUT2D eigenvalue weighted by molar-refractivity contribution is 6.15. The number of fused-ring (bicyclic) bond motifs is 1. The summed E-state index contributed by atoms with van der Waals surface area (Å²) in [6, 6.07) is 16.5. The van der Waals surface area contributed by atoms with Gasteiger partial charge in [-0.1, -0.05) is 30.3 Å². The number of amidine groups is 1. The Morgan fingerprint density at radius 3 is 2.19 bits per heavy atom. The van der Waals surface area contributed by atoms with Crippen molar-refractivity contribution in [1.29, 1.82) is 0 Å². The molecule has 1 spiro atoms. The zero-order chi connectivity index (χ0) is 28.4. The minimum atomic E-state index is -0.817. The molecule has 0 radical (unpaired) electrons. The Balaban J connectivity index is 1.06. The van der Waals surface area contributed by atoms with E-state index in [-0.39, 0.29) is 35.5 Å². The first-order valence-electron chi connectivity index (χ1n) is 15.5. The molecule has 3 aromatic rings. The van der Waals surface area contributed by atoms with Crippen LogP contribution in [0.25, 0.3) is 22.1 Å². The molecule has 42 heavy (non-hydrogen) atoms. The zero-order valence-electron chi connectivity index (χ0n) is 23.8. The van der Waals surface area contributed by atoms with Gasteiger partial charge in [0, 0.05) is 55.5 Å². The van der Waals surface area contributed by atoms with E-state index in [9.17, 15) is 14.4 Å². The number of benzene rings is 2. The van der Waals surface area contributed by atoms with E-state index in [1.807, 2.05) is 26.8 Å². The van der Waals surface area contributed by atoms with Crippen molar-refractivity contribution in [2.24, 2.45) is 22.7 Å². The molecule has 2 aromatic carbocycles. The largest absolute Gasteiger partial charge is 0.464 e. The Morgan fingerprint density at radius 1 is 0.810 bits per heavy atom. The fourth-order valence-electron chi connectivity index (χ4n) is 7.05. The Morgan fingerprint density at radius 2 is 1.48 bits per heavy atom. The van der Waals surface area contributed by atoms with Crippen LogP contribution in [0.3, 0.4) is 0 Å². The van der Waals surface area contributed by atoms with Crippen LogP contribution in [-0.2, 0) is 14.4 Å². The molecule has 8 nitrogen and oxygen atoms in total. The second-order valence-corrected chi connectivity index (χ2v) is 12.9. The van der Waals surface area contributed by atoms with Crippen LogP contribution >= 0.6 is 0 Å². The number of amides is 3. The second kappa shape index (κ2) is 9.82. The van der Waals surface area contributed by atoms with E-state index < -0.39 is 5.54 Å². The number of nitrogens with zero attached hydrogens (tertiary/aromatic N) is 4. The maximum Gasteiger partial charge on any atom is 0.256 e. The Labute approximate surface area is 245 Å². The molecule has 2 saturated carbocycles. The van der Waals surface area contributed by atoms with Crippen molar-refractivity contribution in [3.8, 4) is 11.1 Å². The van der Waals surface area contributed by atoms with Crippen LogP contribution in [-0.4, -0.2) is 76.5 Å². The SMILES string of the molecule is O=C(C1CC1)N1CCC2(CC1)N=C(c1ccc(-c3ccc4occc4c3)cc1)N(CC1CCN(C(=O)C3CC3)C1)C2=O. The summed E-state index contributed by atoms with van der Waals surface area (Å²) in [6.45, 7) is 3.20. The molecule has 3 amide bonds. The molecule has 1 aromatic heterocycles. The summed E-state index contributed by atoms with van der Waals surface area (Å²) in [7, 11) is 0. The molecule has 0 N–H and O–H groups in total. The van der Waals surface area contributed by atoms with Crippen LogP contribution in [0.2, 0.25) is 0 Å². The predicted molar refractivity (Wildman–Crippen MR) is 159 cm³/mol. The number of carbonyl (C=O) groups is 3. The number of carbonyl (C=O) groups excluding carboxylic acids is 3. The smallest absolute Gasteiger partial charge is 0.256 e. The fourth-order valence-corrected chi connectivity index (χ4v) is 7.05. The summed E-state index contributed by atoms with van der Waals surface area (Å²) < 4.78 is 5.50. The van der Waals surface area contributed by atoms with E-state index in [1.165, 1.54) is 0 Å². The first-order valence-corrected chi connectivity index (χ1v) is 15.5. The number of hydrogen-bond donors (Lipinski definition) is 0. The highest BCUT2D eigenvalue weighted by atomic mass is 16.3. The quantitative estimate of drug-likeness (QED) is 0.434. The highest BCUT2D eigenvalue weighted by Crippen LogP contribution is 2.39. The first-order chi connectivity index (χ1) is 20.5. The molecule has 216 valence electrons. The number of hydrogen-bond acceptors (Lipinski definition) is 5. The molecule has 8 heteroatoms. The van der Waals surface area contributed by atoms with E-state index in [1.54, 1.807) is 6.26 Å². The number of piperidine rings is 1. The molecule has 4 heterocycles. The average Bonchev–Trinajstić information content (AvgIpc) is 3.94. The van der Waals surface area contributed by atoms with E-state index in [0.717, 1.165) is 72.1 Å². The summed E-state index contributed by atoms with van der Waals surface area (Å²) in [6.07, 6.45) is 7.73. The number of rotatable bonds is 6. The van der Waals surface area contributed by atoms with Gasteiger partial charge in [-0.3, -0.25) is 24.3 Å². The van der Waals surface area contributed by atoms with Crippen LogP contribution in [0.5, 0.6) is 0 Å². The van der Waals surface area contributed by atoms with Crippen molar-refractivity contribution >= 4 is 34.5 Å². The Bertz CT molecular complexity index is 1590. The van der Waals surface area contributed by atoms with Gasteiger partial charge in [-0.05, 0) is 80.2 Å². The third-order valence-electron chi connectivity index (χ3n) is 9.94. The molecule has 4 fully saturated rings. The molecule has 1 atom stereocenters. The predicted octanol–water partition coefficient (Wildman–Crippen LogP) is 4.72. The van der Waals surface area contributed by atoms with Gasteiger partial charge in [-0.2, -0.15) is 0 Å². The maximum atomic E-state index is 14.2. The second-order valence-electron chi connectivity index (χ2n) is 12.9. The van der Waals surface area contributed by atoms with Gasteiger partial charge < -0.3 is 14.2 Å². The summed E-state index contributed by atoms with van der Waals surface area (Å²) in [5.74, 6) is 1.94. The Kier molecular flexibility index (Phi) is 6.02. The molecule has 2 aliphatic carbocycles. The lowest BCUT2D eigenvalue weighted by Crippen LogP contribution is -2.52. The van der Waals surface area contributed by atoms with Gasteiger partial charge in [0.1, 0.15) is 17.0 Å². The molecule has 8 rings (SSSR count). The van der Waals surface area contributed by atoms with Crippen molar-refractivity contribution in [3.05, 3.63) is 60.4 Å². The van der Waals surface area contributed by atoms with Crippen molar-refractivity contribution < 1.29 is 18.8 Å². The number of likely N-dealkylation sites (tertiary alicyclic amines) is 2.